The number of aromatic carboxylic acids is 1. The van der Waals surface area contributed by atoms with Crippen molar-refractivity contribution in [1.82, 2.24) is 5.16 Å². The number of aryl methyl sites for hydroxylation is 2. The van der Waals surface area contributed by atoms with Crippen molar-refractivity contribution in [3.63, 3.8) is 0 Å². The van der Waals surface area contributed by atoms with Crippen LogP contribution >= 0.6 is 0 Å². The van der Waals surface area contributed by atoms with Crippen LogP contribution in [0, 0.1) is 24.0 Å². The Kier molecular flexibility index (Phi) is 3.88. The van der Waals surface area contributed by atoms with E-state index in [0.717, 1.165) is 5.56 Å². The molecule has 0 aliphatic heterocycles. The standard InChI is InChI=1S/C13H12N2O6/c1-7-3-8(2)12(5-11(7)15(18)19)20-6-9-4-10(13(16)17)14-21-9/h3-5H,6H2,1-2H3,(H,16,17). The summed E-state index contributed by atoms with van der Waals surface area (Å²) >= 11 is 0. The number of nitro benzene ring substituents is 1. The molecular weight excluding hydrogens is 280 g/mol. The fourth-order valence-corrected chi connectivity index (χ4v) is 1.80. The lowest BCUT2D eigenvalue weighted by atomic mass is 10.1. The molecule has 1 aromatic heterocycles. The zero-order valence-corrected chi connectivity index (χ0v) is 11.3. The first-order valence-electron chi connectivity index (χ1n) is 5.96. The lowest BCUT2D eigenvalue weighted by molar-refractivity contribution is -0.385. The molecule has 1 aromatic carbocycles. The van der Waals surface area contributed by atoms with Gasteiger partial charge in [-0.2, -0.15) is 0 Å². The number of ether oxygens (including phenoxy) is 1. The molecule has 1 heterocycles. The summed E-state index contributed by atoms with van der Waals surface area (Å²) in [7, 11) is 0. The highest BCUT2D eigenvalue weighted by atomic mass is 16.6. The summed E-state index contributed by atoms with van der Waals surface area (Å²) in [6.45, 7) is 3.33. The highest BCUT2D eigenvalue weighted by Crippen LogP contribution is 2.28. The minimum Gasteiger partial charge on any atom is -0.485 e. The largest absolute Gasteiger partial charge is 0.485 e. The Bertz CT molecular complexity index is 707. The van der Waals surface area contributed by atoms with Crippen LogP contribution < -0.4 is 4.74 Å². The third-order valence-electron chi connectivity index (χ3n) is 2.84. The van der Waals surface area contributed by atoms with Crippen molar-refractivity contribution in [3.8, 4) is 5.75 Å². The van der Waals surface area contributed by atoms with Crippen molar-refractivity contribution in [1.29, 1.82) is 0 Å². The zero-order chi connectivity index (χ0) is 15.6. The molecule has 0 aliphatic rings. The molecule has 110 valence electrons. The quantitative estimate of drug-likeness (QED) is 0.664. The second-order valence-corrected chi connectivity index (χ2v) is 4.43. The van der Waals surface area contributed by atoms with Gasteiger partial charge >= 0.3 is 5.97 Å². The summed E-state index contributed by atoms with van der Waals surface area (Å²) in [5, 5.41) is 23.0. The second-order valence-electron chi connectivity index (χ2n) is 4.43. The second kappa shape index (κ2) is 5.61. The molecule has 0 spiro atoms. The predicted molar refractivity (Wildman–Crippen MR) is 70.4 cm³/mol. The first-order valence-corrected chi connectivity index (χ1v) is 5.96. The fourth-order valence-electron chi connectivity index (χ4n) is 1.80. The monoisotopic (exact) mass is 292 g/mol. The van der Waals surface area contributed by atoms with Gasteiger partial charge in [0.05, 0.1) is 11.0 Å². The summed E-state index contributed by atoms with van der Waals surface area (Å²) in [4.78, 5) is 21.1. The van der Waals surface area contributed by atoms with Gasteiger partial charge in [0, 0.05) is 11.6 Å². The molecule has 2 rings (SSSR count). The van der Waals surface area contributed by atoms with Crippen LogP contribution in [-0.2, 0) is 6.61 Å². The van der Waals surface area contributed by atoms with Gasteiger partial charge in [0.2, 0.25) is 0 Å². The molecule has 0 amide bonds. The van der Waals surface area contributed by atoms with Crippen LogP contribution in [0.4, 0.5) is 5.69 Å². The SMILES string of the molecule is Cc1cc(C)c([N+](=O)[O-])cc1OCc1cc(C(=O)O)no1. The van der Waals surface area contributed by atoms with E-state index in [9.17, 15) is 14.9 Å². The number of aromatic nitrogens is 1. The molecule has 2 aromatic rings. The average Bonchev–Trinajstić information content (AvgIpc) is 2.86. The van der Waals surface area contributed by atoms with E-state index in [0.29, 0.717) is 11.3 Å². The van der Waals surface area contributed by atoms with Gasteiger partial charge in [-0.15, -0.1) is 0 Å². The molecule has 0 aliphatic carbocycles. The van der Waals surface area contributed by atoms with Gasteiger partial charge in [0.15, 0.2) is 11.5 Å². The van der Waals surface area contributed by atoms with E-state index in [1.54, 1.807) is 19.9 Å². The molecule has 8 heteroatoms. The van der Waals surface area contributed by atoms with E-state index in [1.165, 1.54) is 12.1 Å². The van der Waals surface area contributed by atoms with E-state index in [4.69, 9.17) is 14.4 Å². The molecule has 0 bridgehead atoms. The maximum Gasteiger partial charge on any atom is 0.358 e. The molecule has 21 heavy (non-hydrogen) atoms. The van der Waals surface area contributed by atoms with E-state index in [-0.39, 0.29) is 23.7 Å². The molecular formula is C13H12N2O6. The lowest BCUT2D eigenvalue weighted by Crippen LogP contribution is -1.99. The van der Waals surface area contributed by atoms with E-state index >= 15 is 0 Å². The topological polar surface area (TPSA) is 116 Å². The van der Waals surface area contributed by atoms with Crippen LogP contribution in [0.25, 0.3) is 0 Å². The highest BCUT2D eigenvalue weighted by molar-refractivity contribution is 5.85. The molecule has 0 saturated carbocycles. The number of carboxylic acid groups (broad SMARTS) is 1. The van der Waals surface area contributed by atoms with Gasteiger partial charge < -0.3 is 14.4 Å². The number of carbonyl (C=O) groups is 1. The Morgan fingerprint density at radius 1 is 1.38 bits per heavy atom. The summed E-state index contributed by atoms with van der Waals surface area (Å²) in [6, 6.07) is 4.22. The fraction of sp³-hybridized carbons (Fsp3) is 0.231. The number of rotatable bonds is 5. The molecule has 0 unspecified atom stereocenters. The number of hydrogen-bond donors (Lipinski definition) is 1. The van der Waals surface area contributed by atoms with Crippen molar-refractivity contribution in [2.45, 2.75) is 20.5 Å². The Balaban J connectivity index is 2.17. The summed E-state index contributed by atoms with van der Waals surface area (Å²) < 4.78 is 10.2. The lowest BCUT2D eigenvalue weighted by Gasteiger charge is -2.08. The third kappa shape index (κ3) is 3.16. The van der Waals surface area contributed by atoms with Gasteiger partial charge in [0.1, 0.15) is 12.4 Å². The van der Waals surface area contributed by atoms with Gasteiger partial charge in [-0.25, -0.2) is 4.79 Å². The normalized spacial score (nSPS) is 10.4. The molecule has 0 atom stereocenters. The number of carboxylic acids is 1. The van der Waals surface area contributed by atoms with Crippen LogP contribution in [0.1, 0.15) is 27.4 Å². The smallest absolute Gasteiger partial charge is 0.358 e. The summed E-state index contributed by atoms with van der Waals surface area (Å²) in [6.07, 6.45) is 0. The van der Waals surface area contributed by atoms with Crippen LogP contribution in [0.3, 0.4) is 0 Å². The minimum absolute atomic E-state index is 0.0422. The predicted octanol–water partition coefficient (Wildman–Crippen LogP) is 2.48. The first-order chi connectivity index (χ1) is 9.88. The Hall–Kier alpha value is -2.90. The Morgan fingerprint density at radius 3 is 2.67 bits per heavy atom. The average molecular weight is 292 g/mol. The summed E-state index contributed by atoms with van der Waals surface area (Å²) in [5.41, 5.74) is 1.01. The van der Waals surface area contributed by atoms with Gasteiger partial charge in [0.25, 0.3) is 5.69 Å². The van der Waals surface area contributed by atoms with Crippen LogP contribution in [-0.4, -0.2) is 21.2 Å². The number of benzene rings is 1. The third-order valence-corrected chi connectivity index (χ3v) is 2.84. The van der Waals surface area contributed by atoms with Gasteiger partial charge in [-0.05, 0) is 25.5 Å². The van der Waals surface area contributed by atoms with Crippen molar-refractivity contribution in [3.05, 3.63) is 50.9 Å². The van der Waals surface area contributed by atoms with Gasteiger partial charge in [-0.3, -0.25) is 10.1 Å². The van der Waals surface area contributed by atoms with E-state index in [1.807, 2.05) is 0 Å². The molecule has 0 radical (unpaired) electrons. The minimum atomic E-state index is -1.20. The van der Waals surface area contributed by atoms with Crippen molar-refractivity contribution >= 4 is 11.7 Å². The van der Waals surface area contributed by atoms with Crippen LogP contribution in [0.2, 0.25) is 0 Å². The molecule has 8 nitrogen and oxygen atoms in total. The van der Waals surface area contributed by atoms with Crippen molar-refractivity contribution < 1.29 is 24.1 Å². The van der Waals surface area contributed by atoms with Crippen LogP contribution in [0.15, 0.2) is 22.7 Å². The Labute approximate surface area is 119 Å². The molecule has 0 fully saturated rings. The molecule has 1 N–H and O–H groups in total. The maximum atomic E-state index is 10.9. The number of nitrogens with zero attached hydrogens (tertiary/aromatic N) is 2. The number of hydrogen-bond acceptors (Lipinski definition) is 6. The zero-order valence-electron chi connectivity index (χ0n) is 11.3. The Morgan fingerprint density at radius 2 is 2.10 bits per heavy atom. The van der Waals surface area contributed by atoms with Gasteiger partial charge in [-0.1, -0.05) is 5.16 Å². The van der Waals surface area contributed by atoms with E-state index in [2.05, 4.69) is 5.16 Å². The highest BCUT2D eigenvalue weighted by Gasteiger charge is 2.16. The van der Waals surface area contributed by atoms with Crippen molar-refractivity contribution in [2.75, 3.05) is 0 Å². The number of nitro groups is 1. The van der Waals surface area contributed by atoms with Crippen molar-refractivity contribution in [2.24, 2.45) is 0 Å². The first kappa shape index (κ1) is 14.5. The summed E-state index contributed by atoms with van der Waals surface area (Å²) in [5.74, 6) is -0.650. The maximum absolute atomic E-state index is 10.9. The van der Waals surface area contributed by atoms with E-state index < -0.39 is 10.9 Å². The molecule has 0 saturated heterocycles. The van der Waals surface area contributed by atoms with Crippen LogP contribution in [0.5, 0.6) is 5.75 Å².